The number of amides is 1. The van der Waals surface area contributed by atoms with Crippen molar-refractivity contribution in [2.45, 2.75) is 26.3 Å². The van der Waals surface area contributed by atoms with Gasteiger partial charge in [0.15, 0.2) is 0 Å². The zero-order valence-corrected chi connectivity index (χ0v) is 12.4. The van der Waals surface area contributed by atoms with Crippen molar-refractivity contribution >= 4 is 40.3 Å². The number of nitrogens with zero attached hydrogens (tertiary/aromatic N) is 1. The van der Waals surface area contributed by atoms with Crippen LogP contribution in [0.25, 0.3) is 6.08 Å². The lowest BCUT2D eigenvalue weighted by atomic mass is 10.2. The summed E-state index contributed by atoms with van der Waals surface area (Å²) < 4.78 is 13.4. The smallest absolute Gasteiger partial charge is 0.266 e. The Kier molecular flexibility index (Phi) is 4.37. The molecule has 100 valence electrons. The third-order valence-electron chi connectivity index (χ3n) is 3.02. The minimum absolute atomic E-state index is 0.0614. The molecule has 2 rings (SSSR count). The summed E-state index contributed by atoms with van der Waals surface area (Å²) in [5, 5.41) is 0. The molecule has 1 aliphatic heterocycles. The van der Waals surface area contributed by atoms with Gasteiger partial charge in [0.1, 0.15) is 10.1 Å². The lowest BCUT2D eigenvalue weighted by Gasteiger charge is -2.21. The number of thiocarbonyl (C=S) groups is 1. The SMILES string of the molecule is CCC(C)N1C(=O)/C(=C/c2ccc(F)cc2)SC1=S. The molecular weight excluding hydrogens is 281 g/mol. The summed E-state index contributed by atoms with van der Waals surface area (Å²) in [6.45, 7) is 4.00. The zero-order valence-electron chi connectivity index (χ0n) is 10.7. The maximum Gasteiger partial charge on any atom is 0.266 e. The van der Waals surface area contributed by atoms with Crippen molar-refractivity contribution < 1.29 is 9.18 Å². The Bertz CT molecular complexity index is 539. The van der Waals surface area contributed by atoms with Crippen molar-refractivity contribution in [3.63, 3.8) is 0 Å². The lowest BCUT2D eigenvalue weighted by Crippen LogP contribution is -2.36. The first-order valence-electron chi connectivity index (χ1n) is 6.05. The summed E-state index contributed by atoms with van der Waals surface area (Å²) in [4.78, 5) is 14.5. The first-order chi connectivity index (χ1) is 9.02. The van der Waals surface area contributed by atoms with Crippen LogP contribution in [0.2, 0.25) is 0 Å². The van der Waals surface area contributed by atoms with Crippen LogP contribution in [-0.4, -0.2) is 21.2 Å². The fraction of sp³-hybridized carbons (Fsp3) is 0.286. The third-order valence-corrected chi connectivity index (χ3v) is 4.35. The number of thioether (sulfide) groups is 1. The van der Waals surface area contributed by atoms with Gasteiger partial charge in [-0.15, -0.1) is 0 Å². The largest absolute Gasteiger partial charge is 0.290 e. The highest BCUT2D eigenvalue weighted by Crippen LogP contribution is 2.34. The fourth-order valence-corrected chi connectivity index (χ4v) is 3.21. The van der Waals surface area contributed by atoms with Crippen molar-refractivity contribution in [1.82, 2.24) is 4.90 Å². The van der Waals surface area contributed by atoms with Crippen LogP contribution < -0.4 is 0 Å². The van der Waals surface area contributed by atoms with Crippen LogP contribution in [0.5, 0.6) is 0 Å². The maximum absolute atomic E-state index is 12.8. The van der Waals surface area contributed by atoms with E-state index in [4.69, 9.17) is 12.2 Å². The molecule has 2 nitrogen and oxygen atoms in total. The highest BCUT2D eigenvalue weighted by molar-refractivity contribution is 8.26. The highest BCUT2D eigenvalue weighted by atomic mass is 32.2. The predicted octanol–water partition coefficient (Wildman–Crippen LogP) is 3.83. The minimum Gasteiger partial charge on any atom is -0.290 e. The molecule has 1 aromatic carbocycles. The van der Waals surface area contributed by atoms with Gasteiger partial charge in [0.2, 0.25) is 0 Å². The molecule has 1 fully saturated rings. The van der Waals surface area contributed by atoms with E-state index in [1.54, 1.807) is 23.1 Å². The topological polar surface area (TPSA) is 20.3 Å². The standard InChI is InChI=1S/C14H14FNOS2/c1-3-9(2)16-13(17)12(19-14(16)18)8-10-4-6-11(15)7-5-10/h4-9H,3H2,1-2H3/b12-8-. The van der Waals surface area contributed by atoms with E-state index in [1.807, 2.05) is 13.8 Å². The molecule has 0 N–H and O–H groups in total. The quantitative estimate of drug-likeness (QED) is 0.624. The Balaban J connectivity index is 2.25. The molecule has 5 heteroatoms. The summed E-state index contributed by atoms with van der Waals surface area (Å²) in [7, 11) is 0. The van der Waals surface area contributed by atoms with Gasteiger partial charge in [-0.05, 0) is 37.1 Å². The summed E-state index contributed by atoms with van der Waals surface area (Å²) in [6.07, 6.45) is 2.61. The molecule has 1 saturated heterocycles. The van der Waals surface area contributed by atoms with Gasteiger partial charge in [-0.2, -0.15) is 0 Å². The Morgan fingerprint density at radius 1 is 1.42 bits per heavy atom. The van der Waals surface area contributed by atoms with Crippen molar-refractivity contribution in [1.29, 1.82) is 0 Å². The second-order valence-electron chi connectivity index (χ2n) is 4.36. The Morgan fingerprint density at radius 2 is 2.05 bits per heavy atom. The first kappa shape index (κ1) is 14.2. The number of carbonyl (C=O) groups is 1. The van der Waals surface area contributed by atoms with Gasteiger partial charge in [-0.1, -0.05) is 43.0 Å². The van der Waals surface area contributed by atoms with Crippen LogP contribution in [0.1, 0.15) is 25.8 Å². The van der Waals surface area contributed by atoms with E-state index in [0.717, 1.165) is 12.0 Å². The normalized spacial score (nSPS) is 19.3. The molecule has 0 spiro atoms. The van der Waals surface area contributed by atoms with Crippen LogP contribution in [0.3, 0.4) is 0 Å². The predicted molar refractivity (Wildman–Crippen MR) is 81.2 cm³/mol. The molecule has 0 aliphatic carbocycles. The van der Waals surface area contributed by atoms with E-state index in [2.05, 4.69) is 0 Å². The van der Waals surface area contributed by atoms with Crippen LogP contribution >= 0.6 is 24.0 Å². The third kappa shape index (κ3) is 3.04. The van der Waals surface area contributed by atoms with Gasteiger partial charge in [0, 0.05) is 6.04 Å². The summed E-state index contributed by atoms with van der Waals surface area (Å²) >= 11 is 6.54. The van der Waals surface area contributed by atoms with Crippen LogP contribution in [0, 0.1) is 5.82 Å². The molecule has 0 bridgehead atoms. The van der Waals surface area contributed by atoms with Crippen LogP contribution in [0.15, 0.2) is 29.2 Å². The van der Waals surface area contributed by atoms with Crippen LogP contribution in [-0.2, 0) is 4.79 Å². The molecule has 1 heterocycles. The molecule has 1 unspecified atom stereocenters. The van der Waals surface area contributed by atoms with Gasteiger partial charge < -0.3 is 0 Å². The van der Waals surface area contributed by atoms with E-state index in [0.29, 0.717) is 9.23 Å². The maximum atomic E-state index is 12.8. The van der Waals surface area contributed by atoms with E-state index in [9.17, 15) is 9.18 Å². The summed E-state index contributed by atoms with van der Waals surface area (Å²) in [5.74, 6) is -0.349. The number of rotatable bonds is 3. The van der Waals surface area contributed by atoms with E-state index in [1.165, 1.54) is 23.9 Å². The number of benzene rings is 1. The second-order valence-corrected chi connectivity index (χ2v) is 6.04. The number of hydrogen-bond acceptors (Lipinski definition) is 3. The summed E-state index contributed by atoms with van der Waals surface area (Å²) in [5.41, 5.74) is 0.797. The number of halogens is 1. The van der Waals surface area contributed by atoms with E-state index in [-0.39, 0.29) is 17.8 Å². The number of hydrogen-bond donors (Lipinski definition) is 0. The lowest BCUT2D eigenvalue weighted by molar-refractivity contribution is -0.123. The van der Waals surface area contributed by atoms with Gasteiger partial charge >= 0.3 is 0 Å². The van der Waals surface area contributed by atoms with E-state index >= 15 is 0 Å². The monoisotopic (exact) mass is 295 g/mol. The van der Waals surface area contributed by atoms with Crippen molar-refractivity contribution in [3.8, 4) is 0 Å². The summed E-state index contributed by atoms with van der Waals surface area (Å²) in [6, 6.07) is 6.14. The Labute approximate surface area is 121 Å². The molecular formula is C14H14FNOS2. The zero-order chi connectivity index (χ0) is 14.0. The van der Waals surface area contributed by atoms with E-state index < -0.39 is 0 Å². The average Bonchev–Trinajstić information content (AvgIpc) is 2.66. The Hall–Kier alpha value is -1.20. The average molecular weight is 295 g/mol. The molecule has 0 radical (unpaired) electrons. The molecule has 1 atom stereocenters. The molecule has 0 aromatic heterocycles. The van der Waals surface area contributed by atoms with Crippen LogP contribution in [0.4, 0.5) is 4.39 Å². The van der Waals surface area contributed by atoms with Gasteiger partial charge in [0.05, 0.1) is 4.91 Å². The molecule has 1 aromatic rings. The molecule has 1 aliphatic rings. The number of carbonyl (C=O) groups excluding carboxylic acids is 1. The first-order valence-corrected chi connectivity index (χ1v) is 7.28. The Morgan fingerprint density at radius 3 is 2.63 bits per heavy atom. The molecule has 19 heavy (non-hydrogen) atoms. The van der Waals surface area contributed by atoms with Crippen molar-refractivity contribution in [2.75, 3.05) is 0 Å². The molecule has 1 amide bonds. The molecule has 0 saturated carbocycles. The van der Waals surface area contributed by atoms with Gasteiger partial charge in [-0.3, -0.25) is 9.69 Å². The van der Waals surface area contributed by atoms with Gasteiger partial charge in [-0.25, -0.2) is 4.39 Å². The van der Waals surface area contributed by atoms with Gasteiger partial charge in [0.25, 0.3) is 5.91 Å². The highest BCUT2D eigenvalue weighted by Gasteiger charge is 2.34. The van der Waals surface area contributed by atoms with Crippen molar-refractivity contribution in [3.05, 3.63) is 40.6 Å². The second kappa shape index (κ2) is 5.84. The van der Waals surface area contributed by atoms with Crippen molar-refractivity contribution in [2.24, 2.45) is 0 Å². The fourth-order valence-electron chi connectivity index (χ4n) is 1.75. The minimum atomic E-state index is -0.288.